The van der Waals surface area contributed by atoms with Gasteiger partial charge >= 0.3 is 0 Å². The molecule has 0 saturated carbocycles. The molecule has 0 atom stereocenters. The Morgan fingerprint density at radius 3 is 2.43 bits per heavy atom. The summed E-state index contributed by atoms with van der Waals surface area (Å²) in [7, 11) is 0. The van der Waals surface area contributed by atoms with Crippen LogP contribution < -0.4 is 5.32 Å². The minimum absolute atomic E-state index is 0.350. The summed E-state index contributed by atoms with van der Waals surface area (Å²) in [5.74, 6) is 0. The normalized spacial score (nSPS) is 11.6. The SMILES string of the molecule is CCNCCN(CC)CCOC(C)C. The number of nitrogens with one attached hydrogen (secondary N) is 1. The molecule has 3 nitrogen and oxygen atoms in total. The van der Waals surface area contributed by atoms with E-state index in [1.54, 1.807) is 0 Å². The lowest BCUT2D eigenvalue weighted by atomic mass is 10.4. The standard InChI is InChI=1S/C11H26N2O/c1-5-12-7-8-13(6-2)9-10-14-11(3)4/h11-12H,5-10H2,1-4H3. The van der Waals surface area contributed by atoms with Crippen LogP contribution in [-0.2, 0) is 4.74 Å². The van der Waals surface area contributed by atoms with Crippen LogP contribution in [0.3, 0.4) is 0 Å². The van der Waals surface area contributed by atoms with Crippen molar-refractivity contribution in [3.63, 3.8) is 0 Å². The van der Waals surface area contributed by atoms with Crippen molar-refractivity contribution in [2.75, 3.05) is 39.3 Å². The Balaban J connectivity index is 3.38. The fourth-order valence-electron chi connectivity index (χ4n) is 1.26. The molecule has 0 amide bonds. The molecule has 0 aliphatic heterocycles. The van der Waals surface area contributed by atoms with Gasteiger partial charge in [-0.3, -0.25) is 0 Å². The van der Waals surface area contributed by atoms with Gasteiger partial charge in [-0.1, -0.05) is 13.8 Å². The van der Waals surface area contributed by atoms with Crippen molar-refractivity contribution < 1.29 is 4.74 Å². The fourth-order valence-corrected chi connectivity index (χ4v) is 1.26. The van der Waals surface area contributed by atoms with Crippen molar-refractivity contribution >= 4 is 0 Å². The lowest BCUT2D eigenvalue weighted by Gasteiger charge is -2.20. The monoisotopic (exact) mass is 202 g/mol. The highest BCUT2D eigenvalue weighted by atomic mass is 16.5. The van der Waals surface area contributed by atoms with Crippen molar-refractivity contribution in [3.05, 3.63) is 0 Å². The van der Waals surface area contributed by atoms with Crippen LogP contribution in [-0.4, -0.2) is 50.3 Å². The summed E-state index contributed by atoms with van der Waals surface area (Å²) in [5.41, 5.74) is 0. The first-order chi connectivity index (χ1) is 6.70. The quantitative estimate of drug-likeness (QED) is 0.571. The number of nitrogens with zero attached hydrogens (tertiary/aromatic N) is 1. The van der Waals surface area contributed by atoms with Crippen LogP contribution in [0.2, 0.25) is 0 Å². The van der Waals surface area contributed by atoms with E-state index in [1.807, 2.05) is 0 Å². The minimum atomic E-state index is 0.350. The molecule has 14 heavy (non-hydrogen) atoms. The molecule has 86 valence electrons. The maximum atomic E-state index is 5.52. The summed E-state index contributed by atoms with van der Waals surface area (Å²) in [6.45, 7) is 14.7. The fraction of sp³-hybridized carbons (Fsp3) is 1.00. The van der Waals surface area contributed by atoms with Crippen LogP contribution in [0.15, 0.2) is 0 Å². The number of ether oxygens (including phenoxy) is 1. The molecule has 3 heteroatoms. The summed E-state index contributed by atoms with van der Waals surface area (Å²) in [5, 5.41) is 3.33. The van der Waals surface area contributed by atoms with Gasteiger partial charge < -0.3 is 15.0 Å². The van der Waals surface area contributed by atoms with E-state index in [0.717, 1.165) is 39.3 Å². The zero-order valence-corrected chi connectivity index (χ0v) is 10.2. The molecule has 0 rings (SSSR count). The number of hydrogen-bond acceptors (Lipinski definition) is 3. The molecule has 0 aliphatic rings. The van der Waals surface area contributed by atoms with E-state index < -0.39 is 0 Å². The summed E-state index contributed by atoms with van der Waals surface area (Å²) >= 11 is 0. The zero-order valence-electron chi connectivity index (χ0n) is 10.2. The maximum Gasteiger partial charge on any atom is 0.0596 e. The van der Waals surface area contributed by atoms with E-state index in [0.29, 0.717) is 6.10 Å². The van der Waals surface area contributed by atoms with E-state index in [4.69, 9.17) is 4.74 Å². The van der Waals surface area contributed by atoms with Gasteiger partial charge in [0.15, 0.2) is 0 Å². The molecule has 1 N–H and O–H groups in total. The van der Waals surface area contributed by atoms with Crippen LogP contribution in [0.1, 0.15) is 27.7 Å². The lowest BCUT2D eigenvalue weighted by molar-refractivity contribution is 0.0602. The van der Waals surface area contributed by atoms with Gasteiger partial charge in [-0.05, 0) is 26.9 Å². The smallest absolute Gasteiger partial charge is 0.0596 e. The first-order valence-corrected chi connectivity index (χ1v) is 5.75. The number of likely N-dealkylation sites (N-methyl/N-ethyl adjacent to an activating group) is 2. The second-order valence-electron chi connectivity index (χ2n) is 3.71. The molecular formula is C11H26N2O. The molecule has 0 aromatic rings. The first kappa shape index (κ1) is 13.9. The largest absolute Gasteiger partial charge is 0.377 e. The van der Waals surface area contributed by atoms with Gasteiger partial charge in [-0.25, -0.2) is 0 Å². The maximum absolute atomic E-state index is 5.52. The van der Waals surface area contributed by atoms with Gasteiger partial charge in [-0.2, -0.15) is 0 Å². The third-order valence-corrected chi connectivity index (χ3v) is 2.16. The first-order valence-electron chi connectivity index (χ1n) is 5.75. The van der Waals surface area contributed by atoms with Gasteiger partial charge in [0.2, 0.25) is 0 Å². The van der Waals surface area contributed by atoms with Crippen molar-refractivity contribution in [2.24, 2.45) is 0 Å². The van der Waals surface area contributed by atoms with Crippen LogP contribution in [0.25, 0.3) is 0 Å². The molecular weight excluding hydrogens is 176 g/mol. The summed E-state index contributed by atoms with van der Waals surface area (Å²) in [6, 6.07) is 0. The highest BCUT2D eigenvalue weighted by Crippen LogP contribution is 1.91. The van der Waals surface area contributed by atoms with Crippen molar-refractivity contribution in [1.82, 2.24) is 10.2 Å². The van der Waals surface area contributed by atoms with E-state index in [9.17, 15) is 0 Å². The molecule has 0 spiro atoms. The topological polar surface area (TPSA) is 24.5 Å². The van der Waals surface area contributed by atoms with E-state index >= 15 is 0 Å². The molecule has 0 fully saturated rings. The Hall–Kier alpha value is -0.120. The molecule has 0 aromatic carbocycles. The second kappa shape index (κ2) is 9.44. The van der Waals surface area contributed by atoms with Crippen LogP contribution >= 0.6 is 0 Å². The molecule has 0 aliphatic carbocycles. The second-order valence-corrected chi connectivity index (χ2v) is 3.71. The van der Waals surface area contributed by atoms with Crippen molar-refractivity contribution in [3.8, 4) is 0 Å². The number of rotatable bonds is 9. The van der Waals surface area contributed by atoms with Crippen LogP contribution in [0.4, 0.5) is 0 Å². The van der Waals surface area contributed by atoms with Gasteiger partial charge in [0.1, 0.15) is 0 Å². The predicted octanol–water partition coefficient (Wildman–Crippen LogP) is 1.34. The summed E-state index contributed by atoms with van der Waals surface area (Å²) in [4.78, 5) is 2.41. The molecule has 0 radical (unpaired) electrons. The van der Waals surface area contributed by atoms with Crippen LogP contribution in [0, 0.1) is 0 Å². The van der Waals surface area contributed by atoms with Gasteiger partial charge in [0, 0.05) is 19.6 Å². The Labute approximate surface area is 88.8 Å². The Morgan fingerprint density at radius 1 is 1.21 bits per heavy atom. The molecule has 0 bridgehead atoms. The Morgan fingerprint density at radius 2 is 1.93 bits per heavy atom. The molecule has 0 heterocycles. The summed E-state index contributed by atoms with van der Waals surface area (Å²) in [6.07, 6.45) is 0.350. The molecule has 0 saturated heterocycles. The van der Waals surface area contributed by atoms with Gasteiger partial charge in [0.25, 0.3) is 0 Å². The average molecular weight is 202 g/mol. The predicted molar refractivity (Wildman–Crippen MR) is 61.7 cm³/mol. The van der Waals surface area contributed by atoms with Crippen molar-refractivity contribution in [2.45, 2.75) is 33.8 Å². The third-order valence-electron chi connectivity index (χ3n) is 2.16. The zero-order chi connectivity index (χ0) is 10.8. The van der Waals surface area contributed by atoms with E-state index in [-0.39, 0.29) is 0 Å². The highest BCUT2D eigenvalue weighted by Gasteiger charge is 2.01. The van der Waals surface area contributed by atoms with Gasteiger partial charge in [-0.15, -0.1) is 0 Å². The van der Waals surface area contributed by atoms with Gasteiger partial charge in [0.05, 0.1) is 12.7 Å². The van der Waals surface area contributed by atoms with E-state index in [1.165, 1.54) is 0 Å². The van der Waals surface area contributed by atoms with Crippen molar-refractivity contribution in [1.29, 1.82) is 0 Å². The Bertz CT molecular complexity index is 118. The highest BCUT2D eigenvalue weighted by molar-refractivity contribution is 4.57. The van der Waals surface area contributed by atoms with E-state index in [2.05, 4.69) is 37.9 Å². The molecule has 0 aromatic heterocycles. The molecule has 0 unspecified atom stereocenters. The third kappa shape index (κ3) is 8.48. The van der Waals surface area contributed by atoms with Crippen LogP contribution in [0.5, 0.6) is 0 Å². The average Bonchev–Trinajstić information content (AvgIpc) is 2.15. The summed E-state index contributed by atoms with van der Waals surface area (Å²) < 4.78 is 5.52. The minimum Gasteiger partial charge on any atom is -0.377 e. The Kier molecular flexibility index (Phi) is 9.35. The lowest BCUT2D eigenvalue weighted by Crippen LogP contribution is -2.34. The number of hydrogen-bond donors (Lipinski definition) is 1.